The van der Waals surface area contributed by atoms with Crippen LogP contribution in [0.1, 0.15) is 20.3 Å². The Morgan fingerprint density at radius 2 is 2.15 bits per heavy atom. The van der Waals surface area contributed by atoms with Crippen LogP contribution in [0, 0.1) is 0 Å². The summed E-state index contributed by atoms with van der Waals surface area (Å²) in [6.45, 7) is 7.01. The second-order valence-electron chi connectivity index (χ2n) is 3.41. The van der Waals surface area contributed by atoms with Gasteiger partial charge in [-0.15, -0.1) is 0 Å². The van der Waals surface area contributed by atoms with Crippen molar-refractivity contribution in [1.29, 1.82) is 0 Å². The summed E-state index contributed by atoms with van der Waals surface area (Å²) in [6.07, 6.45) is 0.733. The van der Waals surface area contributed by atoms with E-state index in [2.05, 4.69) is 24.1 Å². The van der Waals surface area contributed by atoms with Gasteiger partial charge in [-0.2, -0.15) is 0 Å². The molecule has 76 valence electrons. The van der Waals surface area contributed by atoms with Crippen LogP contribution in [0.25, 0.3) is 0 Å². The minimum atomic E-state index is -0.727. The first kappa shape index (κ1) is 10.5. The van der Waals surface area contributed by atoms with Crippen molar-refractivity contribution in [2.75, 3.05) is 19.6 Å². The van der Waals surface area contributed by atoms with Crippen molar-refractivity contribution in [1.82, 2.24) is 10.2 Å². The molecular weight excluding hydrogens is 168 g/mol. The second-order valence-corrected chi connectivity index (χ2v) is 3.41. The first-order valence-corrected chi connectivity index (χ1v) is 4.89. The van der Waals surface area contributed by atoms with E-state index in [4.69, 9.17) is 5.11 Å². The maximum Gasteiger partial charge on any atom is 0.320 e. The molecule has 1 fully saturated rings. The van der Waals surface area contributed by atoms with E-state index in [1.165, 1.54) is 0 Å². The van der Waals surface area contributed by atoms with Gasteiger partial charge in [-0.05, 0) is 19.5 Å². The number of nitrogens with zero attached hydrogens (tertiary/aromatic N) is 1. The molecule has 0 radical (unpaired) electrons. The zero-order chi connectivity index (χ0) is 9.84. The third-order valence-electron chi connectivity index (χ3n) is 2.73. The molecule has 1 aliphatic heterocycles. The number of carbonyl (C=O) groups is 1. The van der Waals surface area contributed by atoms with Crippen LogP contribution in [0.4, 0.5) is 0 Å². The molecule has 2 N–H and O–H groups in total. The molecule has 4 nitrogen and oxygen atoms in total. The van der Waals surface area contributed by atoms with Gasteiger partial charge in [0.15, 0.2) is 0 Å². The zero-order valence-electron chi connectivity index (χ0n) is 8.29. The van der Waals surface area contributed by atoms with Gasteiger partial charge in [-0.25, -0.2) is 0 Å². The second kappa shape index (κ2) is 4.58. The van der Waals surface area contributed by atoms with E-state index in [1.54, 1.807) is 0 Å². The third kappa shape index (κ3) is 2.42. The first-order valence-electron chi connectivity index (χ1n) is 4.89. The fourth-order valence-electron chi connectivity index (χ4n) is 1.92. The predicted octanol–water partition coefficient (Wildman–Crippen LogP) is 0.143. The number of hydrogen-bond acceptors (Lipinski definition) is 3. The summed E-state index contributed by atoms with van der Waals surface area (Å²) in [7, 11) is 0. The highest BCUT2D eigenvalue weighted by Crippen LogP contribution is 2.13. The standard InChI is InChI=1S/C9H18N2O2/c1-3-11(4-2)7-5-8(9(12)13)10-6-7/h7-8,10H,3-6H2,1-2H3,(H,12,13). The minimum Gasteiger partial charge on any atom is -0.480 e. The molecule has 13 heavy (non-hydrogen) atoms. The van der Waals surface area contributed by atoms with E-state index in [0.717, 1.165) is 26.1 Å². The highest BCUT2D eigenvalue weighted by Gasteiger charge is 2.31. The van der Waals surface area contributed by atoms with Gasteiger partial charge in [-0.3, -0.25) is 9.69 Å². The number of carboxylic acids is 1. The Balaban J connectivity index is 2.43. The highest BCUT2D eigenvalue weighted by atomic mass is 16.4. The highest BCUT2D eigenvalue weighted by molar-refractivity contribution is 5.73. The molecule has 0 aromatic heterocycles. The van der Waals surface area contributed by atoms with Gasteiger partial charge < -0.3 is 10.4 Å². The number of hydrogen-bond donors (Lipinski definition) is 2. The van der Waals surface area contributed by atoms with E-state index in [-0.39, 0.29) is 6.04 Å². The normalized spacial score (nSPS) is 28.2. The number of aliphatic carboxylic acids is 1. The SMILES string of the molecule is CCN(CC)C1CNC(C(=O)O)C1. The monoisotopic (exact) mass is 186 g/mol. The van der Waals surface area contributed by atoms with Crippen molar-refractivity contribution >= 4 is 5.97 Å². The summed E-state index contributed by atoms with van der Waals surface area (Å²) >= 11 is 0. The Kier molecular flexibility index (Phi) is 3.69. The molecule has 0 amide bonds. The molecule has 0 aliphatic carbocycles. The van der Waals surface area contributed by atoms with Crippen molar-refractivity contribution in [3.63, 3.8) is 0 Å². The molecule has 0 spiro atoms. The van der Waals surface area contributed by atoms with Crippen LogP contribution in [0.5, 0.6) is 0 Å². The predicted molar refractivity (Wildman–Crippen MR) is 50.8 cm³/mol. The molecule has 0 aromatic carbocycles. The molecular formula is C9H18N2O2. The van der Waals surface area contributed by atoms with Crippen molar-refractivity contribution in [3.05, 3.63) is 0 Å². The van der Waals surface area contributed by atoms with Crippen LogP contribution in [0.3, 0.4) is 0 Å². The lowest BCUT2D eigenvalue weighted by molar-refractivity contribution is -0.139. The molecule has 1 saturated heterocycles. The largest absolute Gasteiger partial charge is 0.480 e. The topological polar surface area (TPSA) is 52.6 Å². The van der Waals surface area contributed by atoms with E-state index in [0.29, 0.717) is 6.04 Å². The zero-order valence-corrected chi connectivity index (χ0v) is 8.29. The van der Waals surface area contributed by atoms with Crippen molar-refractivity contribution in [2.45, 2.75) is 32.4 Å². The fraction of sp³-hybridized carbons (Fsp3) is 0.889. The van der Waals surface area contributed by atoms with Gasteiger partial charge in [0.2, 0.25) is 0 Å². The summed E-state index contributed by atoms with van der Waals surface area (Å²) in [5.74, 6) is -0.727. The third-order valence-corrected chi connectivity index (χ3v) is 2.73. The molecule has 1 rings (SSSR count). The van der Waals surface area contributed by atoms with Crippen LogP contribution in [0.15, 0.2) is 0 Å². The Labute approximate surface area is 78.9 Å². The first-order chi connectivity index (χ1) is 6.19. The average Bonchev–Trinajstić information content (AvgIpc) is 2.56. The maximum absolute atomic E-state index is 10.7. The van der Waals surface area contributed by atoms with Gasteiger partial charge in [0.1, 0.15) is 6.04 Å². The summed E-state index contributed by atoms with van der Waals surface area (Å²) in [6, 6.07) is 0.0571. The lowest BCUT2D eigenvalue weighted by Crippen LogP contribution is -2.36. The number of carboxylic acid groups (broad SMARTS) is 1. The summed E-state index contributed by atoms with van der Waals surface area (Å²) in [5, 5.41) is 11.8. The summed E-state index contributed by atoms with van der Waals surface area (Å²) in [4.78, 5) is 13.0. The molecule has 1 heterocycles. The van der Waals surface area contributed by atoms with Crippen LogP contribution in [0.2, 0.25) is 0 Å². The van der Waals surface area contributed by atoms with Gasteiger partial charge >= 0.3 is 5.97 Å². The Hall–Kier alpha value is -0.610. The van der Waals surface area contributed by atoms with Gasteiger partial charge in [-0.1, -0.05) is 13.8 Å². The van der Waals surface area contributed by atoms with Crippen molar-refractivity contribution in [2.24, 2.45) is 0 Å². The van der Waals surface area contributed by atoms with E-state index < -0.39 is 5.97 Å². The van der Waals surface area contributed by atoms with Crippen molar-refractivity contribution < 1.29 is 9.90 Å². The summed E-state index contributed by atoms with van der Waals surface area (Å²) in [5.41, 5.74) is 0. The Bertz CT molecular complexity index is 180. The van der Waals surface area contributed by atoms with E-state index >= 15 is 0 Å². The van der Waals surface area contributed by atoms with E-state index in [1.807, 2.05) is 0 Å². The number of rotatable bonds is 4. The lowest BCUT2D eigenvalue weighted by atomic mass is 10.1. The molecule has 2 unspecified atom stereocenters. The molecule has 4 heteroatoms. The Morgan fingerprint density at radius 1 is 1.54 bits per heavy atom. The lowest BCUT2D eigenvalue weighted by Gasteiger charge is -2.24. The van der Waals surface area contributed by atoms with Gasteiger partial charge in [0.25, 0.3) is 0 Å². The average molecular weight is 186 g/mol. The Morgan fingerprint density at radius 3 is 2.54 bits per heavy atom. The minimum absolute atomic E-state index is 0.342. The van der Waals surface area contributed by atoms with Crippen LogP contribution >= 0.6 is 0 Å². The quantitative estimate of drug-likeness (QED) is 0.656. The van der Waals surface area contributed by atoms with E-state index in [9.17, 15) is 4.79 Å². The van der Waals surface area contributed by atoms with Crippen LogP contribution < -0.4 is 5.32 Å². The van der Waals surface area contributed by atoms with Gasteiger partial charge in [0.05, 0.1) is 0 Å². The molecule has 0 saturated carbocycles. The van der Waals surface area contributed by atoms with Gasteiger partial charge in [0, 0.05) is 12.6 Å². The molecule has 0 bridgehead atoms. The number of likely N-dealkylation sites (N-methyl/N-ethyl adjacent to an activating group) is 1. The molecule has 1 aliphatic rings. The smallest absolute Gasteiger partial charge is 0.320 e. The van der Waals surface area contributed by atoms with Crippen LogP contribution in [-0.4, -0.2) is 47.7 Å². The summed E-state index contributed by atoms with van der Waals surface area (Å²) < 4.78 is 0. The molecule has 0 aromatic rings. The fourth-order valence-corrected chi connectivity index (χ4v) is 1.92. The molecule has 2 atom stereocenters. The van der Waals surface area contributed by atoms with Crippen molar-refractivity contribution in [3.8, 4) is 0 Å². The van der Waals surface area contributed by atoms with Crippen LogP contribution in [-0.2, 0) is 4.79 Å². The number of nitrogens with one attached hydrogen (secondary N) is 1. The maximum atomic E-state index is 10.7.